The van der Waals surface area contributed by atoms with Crippen LogP contribution in [-0.2, 0) is 11.2 Å². The molecule has 0 spiro atoms. The molecular weight excluding hydrogens is 312 g/mol. The Hall–Kier alpha value is -2.49. The van der Waals surface area contributed by atoms with E-state index >= 15 is 0 Å². The van der Waals surface area contributed by atoms with Gasteiger partial charge in [-0.3, -0.25) is 0 Å². The Morgan fingerprint density at radius 2 is 1.68 bits per heavy atom. The van der Waals surface area contributed by atoms with Gasteiger partial charge in [0.25, 0.3) is 0 Å². The molecule has 0 saturated carbocycles. The number of anilines is 1. The van der Waals surface area contributed by atoms with Gasteiger partial charge in [-0.2, -0.15) is 0 Å². The lowest BCUT2D eigenvalue weighted by atomic mass is 10.0. The fourth-order valence-electron chi connectivity index (χ4n) is 3.21. The molecule has 1 fully saturated rings. The molecule has 4 heteroatoms. The van der Waals surface area contributed by atoms with Gasteiger partial charge in [-0.05, 0) is 49.4 Å². The van der Waals surface area contributed by atoms with Crippen molar-refractivity contribution in [1.82, 2.24) is 4.90 Å². The molecule has 2 aromatic carbocycles. The number of rotatable bonds is 5. The molecule has 1 saturated heterocycles. The van der Waals surface area contributed by atoms with Gasteiger partial charge in [0.05, 0.1) is 6.61 Å². The highest BCUT2D eigenvalue weighted by Gasteiger charge is 2.23. The van der Waals surface area contributed by atoms with Crippen LogP contribution in [0.25, 0.3) is 0 Å². The molecule has 1 heterocycles. The monoisotopic (exact) mass is 338 g/mol. The number of nitrogens with zero attached hydrogens (tertiary/aromatic N) is 1. The Balaban J connectivity index is 1.48. The van der Waals surface area contributed by atoms with Crippen molar-refractivity contribution in [2.75, 3.05) is 25.0 Å². The van der Waals surface area contributed by atoms with Crippen molar-refractivity contribution in [1.29, 1.82) is 0 Å². The third kappa shape index (κ3) is 4.99. The number of benzene rings is 2. The van der Waals surface area contributed by atoms with Crippen LogP contribution in [0.4, 0.5) is 10.5 Å². The number of hydrogen-bond donors (Lipinski definition) is 1. The Morgan fingerprint density at radius 1 is 1.04 bits per heavy atom. The fourth-order valence-corrected chi connectivity index (χ4v) is 3.21. The quantitative estimate of drug-likeness (QED) is 0.883. The average molecular weight is 338 g/mol. The third-order valence-electron chi connectivity index (χ3n) is 4.60. The summed E-state index contributed by atoms with van der Waals surface area (Å²) in [6.45, 7) is 3.78. The summed E-state index contributed by atoms with van der Waals surface area (Å²) in [4.78, 5) is 13.5. The van der Waals surface area contributed by atoms with Crippen LogP contribution in [-0.4, -0.2) is 36.7 Å². The minimum absolute atomic E-state index is 0.189. The maximum absolute atomic E-state index is 11.7. The highest BCUT2D eigenvalue weighted by atomic mass is 16.6. The molecule has 1 amide bonds. The zero-order chi connectivity index (χ0) is 17.5. The first-order chi connectivity index (χ1) is 12.2. The summed E-state index contributed by atoms with van der Waals surface area (Å²) in [6.07, 6.45) is 2.67. The Kier molecular flexibility index (Phi) is 5.94. The Morgan fingerprint density at radius 3 is 2.32 bits per heavy atom. The number of amides is 1. The van der Waals surface area contributed by atoms with E-state index in [-0.39, 0.29) is 6.09 Å². The minimum Gasteiger partial charge on any atom is -0.450 e. The second-order valence-corrected chi connectivity index (χ2v) is 6.46. The topological polar surface area (TPSA) is 41.6 Å². The maximum atomic E-state index is 11.7. The van der Waals surface area contributed by atoms with Gasteiger partial charge in [0.2, 0.25) is 0 Å². The number of carbonyl (C=O) groups excluding carboxylic acids is 1. The lowest BCUT2D eigenvalue weighted by Crippen LogP contribution is -2.42. The van der Waals surface area contributed by atoms with Crippen LogP contribution in [0.2, 0.25) is 0 Å². The molecular formula is C21H26N2O2. The Labute approximate surface area is 149 Å². The number of nitrogens with one attached hydrogen (secondary N) is 1. The molecule has 0 aromatic heterocycles. The second-order valence-electron chi connectivity index (χ2n) is 6.46. The highest BCUT2D eigenvalue weighted by Crippen LogP contribution is 2.19. The van der Waals surface area contributed by atoms with Gasteiger partial charge in [0, 0.05) is 24.8 Å². The predicted molar refractivity (Wildman–Crippen MR) is 101 cm³/mol. The lowest BCUT2D eigenvalue weighted by Gasteiger charge is -2.32. The molecule has 0 atom stereocenters. The first kappa shape index (κ1) is 17.3. The van der Waals surface area contributed by atoms with Crippen molar-refractivity contribution in [2.24, 2.45) is 0 Å². The minimum atomic E-state index is -0.189. The van der Waals surface area contributed by atoms with Crippen molar-refractivity contribution in [3.05, 3.63) is 65.7 Å². The summed E-state index contributed by atoms with van der Waals surface area (Å²) in [5.41, 5.74) is 3.79. The molecule has 1 aliphatic heterocycles. The zero-order valence-corrected chi connectivity index (χ0v) is 14.8. The fraction of sp³-hybridized carbons (Fsp3) is 0.381. The van der Waals surface area contributed by atoms with Crippen LogP contribution in [0.15, 0.2) is 54.6 Å². The number of piperidine rings is 1. The van der Waals surface area contributed by atoms with E-state index in [2.05, 4.69) is 53.8 Å². The van der Waals surface area contributed by atoms with Crippen LogP contribution < -0.4 is 5.32 Å². The van der Waals surface area contributed by atoms with E-state index in [1.54, 1.807) is 4.90 Å². The number of hydrogen-bond acceptors (Lipinski definition) is 3. The largest absolute Gasteiger partial charge is 0.450 e. The van der Waals surface area contributed by atoms with Crippen molar-refractivity contribution in [3.63, 3.8) is 0 Å². The van der Waals surface area contributed by atoms with E-state index in [0.717, 1.165) is 38.0 Å². The molecule has 25 heavy (non-hydrogen) atoms. The number of likely N-dealkylation sites (tertiary alicyclic amines) is 1. The van der Waals surface area contributed by atoms with E-state index in [0.29, 0.717) is 12.6 Å². The number of carbonyl (C=O) groups is 1. The van der Waals surface area contributed by atoms with Gasteiger partial charge in [-0.15, -0.1) is 0 Å². The van der Waals surface area contributed by atoms with Gasteiger partial charge < -0.3 is 15.0 Å². The van der Waals surface area contributed by atoms with Gasteiger partial charge in [-0.25, -0.2) is 4.79 Å². The van der Waals surface area contributed by atoms with E-state index in [1.165, 1.54) is 11.1 Å². The summed E-state index contributed by atoms with van der Waals surface area (Å²) in [7, 11) is 0. The van der Waals surface area contributed by atoms with Crippen molar-refractivity contribution in [2.45, 2.75) is 32.2 Å². The van der Waals surface area contributed by atoms with Crippen molar-refractivity contribution >= 4 is 11.8 Å². The summed E-state index contributed by atoms with van der Waals surface area (Å²) in [5.74, 6) is 0. The standard InChI is InChI=1S/C21H26N2O2/c1-2-25-21(24)23-14-12-20(13-15-23)22-19-10-8-18(9-11-19)16-17-6-4-3-5-7-17/h3-11,20,22H,2,12-16H2,1H3. The normalized spacial score (nSPS) is 15.0. The third-order valence-corrected chi connectivity index (χ3v) is 4.60. The van der Waals surface area contributed by atoms with Gasteiger partial charge >= 0.3 is 6.09 Å². The average Bonchev–Trinajstić information content (AvgIpc) is 2.65. The van der Waals surface area contributed by atoms with Gasteiger partial charge in [0.15, 0.2) is 0 Å². The zero-order valence-electron chi connectivity index (χ0n) is 14.8. The van der Waals surface area contributed by atoms with E-state index in [1.807, 2.05) is 13.0 Å². The lowest BCUT2D eigenvalue weighted by molar-refractivity contribution is 0.0983. The molecule has 1 N–H and O–H groups in total. The second kappa shape index (κ2) is 8.56. The molecule has 132 valence electrons. The van der Waals surface area contributed by atoms with Crippen molar-refractivity contribution < 1.29 is 9.53 Å². The van der Waals surface area contributed by atoms with Gasteiger partial charge in [0.1, 0.15) is 0 Å². The van der Waals surface area contributed by atoms with Crippen LogP contribution in [0.3, 0.4) is 0 Å². The molecule has 0 radical (unpaired) electrons. The molecule has 1 aliphatic rings. The van der Waals surface area contributed by atoms with Gasteiger partial charge in [-0.1, -0.05) is 42.5 Å². The van der Waals surface area contributed by atoms with Crippen LogP contribution in [0, 0.1) is 0 Å². The van der Waals surface area contributed by atoms with E-state index in [9.17, 15) is 4.79 Å². The molecule has 0 unspecified atom stereocenters. The SMILES string of the molecule is CCOC(=O)N1CCC(Nc2ccc(Cc3ccccc3)cc2)CC1. The highest BCUT2D eigenvalue weighted by molar-refractivity contribution is 5.67. The summed E-state index contributed by atoms with van der Waals surface area (Å²) >= 11 is 0. The van der Waals surface area contributed by atoms with E-state index < -0.39 is 0 Å². The maximum Gasteiger partial charge on any atom is 0.409 e. The van der Waals surface area contributed by atoms with Crippen LogP contribution in [0.1, 0.15) is 30.9 Å². The Bertz CT molecular complexity index is 662. The summed E-state index contributed by atoms with van der Waals surface area (Å²) < 4.78 is 5.06. The van der Waals surface area contributed by atoms with Crippen LogP contribution >= 0.6 is 0 Å². The molecule has 0 aliphatic carbocycles. The van der Waals surface area contributed by atoms with E-state index in [4.69, 9.17) is 4.74 Å². The predicted octanol–water partition coefficient (Wildman–Crippen LogP) is 4.31. The molecule has 3 rings (SSSR count). The smallest absolute Gasteiger partial charge is 0.409 e. The van der Waals surface area contributed by atoms with Crippen molar-refractivity contribution in [3.8, 4) is 0 Å². The molecule has 0 bridgehead atoms. The first-order valence-corrected chi connectivity index (χ1v) is 9.05. The first-order valence-electron chi connectivity index (χ1n) is 9.05. The summed E-state index contributed by atoms with van der Waals surface area (Å²) in [6, 6.07) is 19.6. The summed E-state index contributed by atoms with van der Waals surface area (Å²) in [5, 5.41) is 3.58. The number of ether oxygens (including phenoxy) is 1. The molecule has 4 nitrogen and oxygen atoms in total. The van der Waals surface area contributed by atoms with Crippen LogP contribution in [0.5, 0.6) is 0 Å². The molecule has 2 aromatic rings.